The molecule has 0 amide bonds. The van der Waals surface area contributed by atoms with E-state index < -0.39 is 29.5 Å². The highest BCUT2D eigenvalue weighted by Crippen LogP contribution is 2.33. The number of halogens is 5. The van der Waals surface area contributed by atoms with Crippen LogP contribution >= 0.6 is 0 Å². The molecule has 1 atom stereocenters. The lowest BCUT2D eigenvalue weighted by Gasteiger charge is -2.14. The standard InChI is InChI=1S/C15H11F5O/c16-11-3-1-2-9(6-11)7-14(21)10-4-5-13(17)12(8-10)15(18,19)20/h1-6,8,14,21H,7H2. The molecule has 0 heterocycles. The maximum Gasteiger partial charge on any atom is 0.419 e. The molecular weight excluding hydrogens is 291 g/mol. The normalized spacial score (nSPS) is 13.2. The van der Waals surface area contributed by atoms with Gasteiger partial charge in [0, 0.05) is 6.42 Å². The number of hydrogen-bond acceptors (Lipinski definition) is 1. The number of rotatable bonds is 3. The Hall–Kier alpha value is -1.95. The summed E-state index contributed by atoms with van der Waals surface area (Å²) in [5, 5.41) is 9.93. The van der Waals surface area contributed by atoms with Gasteiger partial charge >= 0.3 is 6.18 Å². The summed E-state index contributed by atoms with van der Waals surface area (Å²) in [6.07, 6.45) is -6.19. The third-order valence-corrected chi connectivity index (χ3v) is 3.00. The summed E-state index contributed by atoms with van der Waals surface area (Å²) in [7, 11) is 0. The Balaban J connectivity index is 2.25. The second-order valence-corrected chi connectivity index (χ2v) is 4.59. The monoisotopic (exact) mass is 302 g/mol. The predicted molar refractivity (Wildman–Crippen MR) is 66.5 cm³/mol. The highest BCUT2D eigenvalue weighted by Gasteiger charge is 2.34. The molecule has 2 aromatic rings. The van der Waals surface area contributed by atoms with Crippen LogP contribution in [0.1, 0.15) is 22.8 Å². The lowest BCUT2D eigenvalue weighted by molar-refractivity contribution is -0.140. The average Bonchev–Trinajstić information content (AvgIpc) is 2.37. The van der Waals surface area contributed by atoms with Crippen molar-refractivity contribution in [1.29, 1.82) is 0 Å². The number of hydrogen-bond donors (Lipinski definition) is 1. The second kappa shape index (κ2) is 5.81. The van der Waals surface area contributed by atoms with Crippen molar-refractivity contribution in [3.05, 3.63) is 70.8 Å². The summed E-state index contributed by atoms with van der Waals surface area (Å²) >= 11 is 0. The lowest BCUT2D eigenvalue weighted by Crippen LogP contribution is -2.10. The third kappa shape index (κ3) is 3.78. The molecule has 0 aliphatic heterocycles. The molecule has 2 rings (SSSR count). The van der Waals surface area contributed by atoms with Crippen LogP contribution in [-0.4, -0.2) is 5.11 Å². The van der Waals surface area contributed by atoms with Crippen molar-refractivity contribution in [3.63, 3.8) is 0 Å². The molecule has 0 spiro atoms. The maximum atomic E-state index is 13.2. The molecule has 0 bridgehead atoms. The zero-order valence-electron chi connectivity index (χ0n) is 10.7. The van der Waals surface area contributed by atoms with E-state index in [0.717, 1.165) is 6.07 Å². The van der Waals surface area contributed by atoms with Gasteiger partial charge in [0.15, 0.2) is 0 Å². The predicted octanol–water partition coefficient (Wildman–Crippen LogP) is 4.26. The molecule has 2 aromatic carbocycles. The SMILES string of the molecule is OC(Cc1cccc(F)c1)c1ccc(F)c(C(F)(F)F)c1. The summed E-state index contributed by atoms with van der Waals surface area (Å²) in [5.41, 5.74) is -1.08. The first kappa shape index (κ1) is 15.4. The lowest BCUT2D eigenvalue weighted by atomic mass is 9.99. The molecule has 0 saturated heterocycles. The summed E-state index contributed by atoms with van der Waals surface area (Å²) in [6.45, 7) is 0. The number of aliphatic hydroxyl groups is 1. The minimum Gasteiger partial charge on any atom is -0.388 e. The summed E-state index contributed by atoms with van der Waals surface area (Å²) in [4.78, 5) is 0. The topological polar surface area (TPSA) is 20.2 Å². The van der Waals surface area contributed by atoms with Gasteiger partial charge in [-0.25, -0.2) is 8.78 Å². The average molecular weight is 302 g/mol. The van der Waals surface area contributed by atoms with Gasteiger partial charge in [-0.2, -0.15) is 13.2 Å². The zero-order valence-corrected chi connectivity index (χ0v) is 10.7. The van der Waals surface area contributed by atoms with Crippen LogP contribution in [0.25, 0.3) is 0 Å². The number of alkyl halides is 3. The van der Waals surface area contributed by atoms with Crippen LogP contribution in [0, 0.1) is 11.6 Å². The highest BCUT2D eigenvalue weighted by atomic mass is 19.4. The van der Waals surface area contributed by atoms with Gasteiger partial charge in [-0.3, -0.25) is 0 Å². The second-order valence-electron chi connectivity index (χ2n) is 4.59. The van der Waals surface area contributed by atoms with Gasteiger partial charge in [0.05, 0.1) is 11.7 Å². The van der Waals surface area contributed by atoms with Crippen LogP contribution in [0.2, 0.25) is 0 Å². The third-order valence-electron chi connectivity index (χ3n) is 3.00. The van der Waals surface area contributed by atoms with Gasteiger partial charge in [0.1, 0.15) is 11.6 Å². The largest absolute Gasteiger partial charge is 0.419 e. The van der Waals surface area contributed by atoms with E-state index in [4.69, 9.17) is 0 Å². The highest BCUT2D eigenvalue weighted by molar-refractivity contribution is 5.30. The number of benzene rings is 2. The van der Waals surface area contributed by atoms with E-state index in [9.17, 15) is 27.1 Å². The zero-order chi connectivity index (χ0) is 15.6. The van der Waals surface area contributed by atoms with Crippen molar-refractivity contribution in [1.82, 2.24) is 0 Å². The van der Waals surface area contributed by atoms with Crippen LogP contribution < -0.4 is 0 Å². The van der Waals surface area contributed by atoms with Crippen LogP contribution in [0.5, 0.6) is 0 Å². The van der Waals surface area contributed by atoms with Crippen molar-refractivity contribution in [2.24, 2.45) is 0 Å². The molecule has 0 aromatic heterocycles. The fraction of sp³-hybridized carbons (Fsp3) is 0.200. The molecule has 0 radical (unpaired) electrons. The van der Waals surface area contributed by atoms with Gasteiger partial charge in [-0.05, 0) is 35.4 Å². The quantitative estimate of drug-likeness (QED) is 0.840. The van der Waals surface area contributed by atoms with Crippen LogP contribution in [0.3, 0.4) is 0 Å². The number of aliphatic hydroxyl groups excluding tert-OH is 1. The molecule has 0 aliphatic rings. The van der Waals surface area contributed by atoms with Crippen molar-refractivity contribution in [2.75, 3.05) is 0 Å². The molecule has 1 unspecified atom stereocenters. The Morgan fingerprint density at radius 3 is 2.33 bits per heavy atom. The van der Waals surface area contributed by atoms with E-state index in [1.54, 1.807) is 6.07 Å². The van der Waals surface area contributed by atoms with E-state index >= 15 is 0 Å². The first-order chi connectivity index (χ1) is 9.77. The van der Waals surface area contributed by atoms with E-state index in [1.807, 2.05) is 0 Å². The fourth-order valence-electron chi connectivity index (χ4n) is 1.97. The van der Waals surface area contributed by atoms with Crippen molar-refractivity contribution in [3.8, 4) is 0 Å². The van der Waals surface area contributed by atoms with E-state index in [1.165, 1.54) is 18.2 Å². The van der Waals surface area contributed by atoms with Gasteiger partial charge in [0.2, 0.25) is 0 Å². The van der Waals surface area contributed by atoms with Gasteiger partial charge in [-0.1, -0.05) is 18.2 Å². The summed E-state index contributed by atoms with van der Waals surface area (Å²) < 4.78 is 64.0. The minimum atomic E-state index is -4.83. The van der Waals surface area contributed by atoms with E-state index in [0.29, 0.717) is 17.7 Å². The van der Waals surface area contributed by atoms with Gasteiger partial charge in [0.25, 0.3) is 0 Å². The molecule has 21 heavy (non-hydrogen) atoms. The Kier molecular flexibility index (Phi) is 4.27. The minimum absolute atomic E-state index is 0.0688. The molecule has 0 saturated carbocycles. The van der Waals surface area contributed by atoms with Gasteiger partial charge in [-0.15, -0.1) is 0 Å². The summed E-state index contributed by atoms with van der Waals surface area (Å²) in [6, 6.07) is 7.68. The van der Waals surface area contributed by atoms with Crippen molar-refractivity contribution in [2.45, 2.75) is 18.7 Å². The molecule has 0 aliphatic carbocycles. The van der Waals surface area contributed by atoms with Crippen molar-refractivity contribution < 1.29 is 27.1 Å². The Morgan fingerprint density at radius 1 is 1.00 bits per heavy atom. The van der Waals surface area contributed by atoms with Crippen LogP contribution in [0.15, 0.2) is 42.5 Å². The van der Waals surface area contributed by atoms with Crippen molar-refractivity contribution >= 4 is 0 Å². The van der Waals surface area contributed by atoms with Gasteiger partial charge < -0.3 is 5.11 Å². The molecule has 1 N–H and O–H groups in total. The Morgan fingerprint density at radius 2 is 1.71 bits per heavy atom. The van der Waals surface area contributed by atoms with Crippen LogP contribution in [0.4, 0.5) is 22.0 Å². The van der Waals surface area contributed by atoms with E-state index in [-0.39, 0.29) is 12.0 Å². The van der Waals surface area contributed by atoms with E-state index in [2.05, 4.69) is 0 Å². The molecule has 112 valence electrons. The molecular formula is C15H11F5O. The maximum absolute atomic E-state index is 13.2. The molecule has 6 heteroatoms. The van der Waals surface area contributed by atoms with Crippen LogP contribution in [-0.2, 0) is 12.6 Å². The first-order valence-electron chi connectivity index (χ1n) is 6.06. The smallest absolute Gasteiger partial charge is 0.388 e. The summed E-state index contributed by atoms with van der Waals surface area (Å²) in [5.74, 6) is -1.90. The Bertz CT molecular complexity index is 636. The fourth-order valence-corrected chi connectivity index (χ4v) is 1.97. The first-order valence-corrected chi connectivity index (χ1v) is 6.06. The molecule has 0 fully saturated rings. The molecule has 1 nitrogen and oxygen atoms in total. The Labute approximate surface area is 117 Å².